The van der Waals surface area contributed by atoms with Gasteiger partial charge in [0, 0.05) is 11.8 Å². The fourth-order valence-electron chi connectivity index (χ4n) is 1.86. The average molecular weight is 332 g/mol. The lowest BCUT2D eigenvalue weighted by Crippen LogP contribution is -2.02. The van der Waals surface area contributed by atoms with Crippen LogP contribution in [0.2, 0.25) is 0 Å². The van der Waals surface area contributed by atoms with Gasteiger partial charge in [0.05, 0.1) is 23.3 Å². The number of hydrogen-bond acceptors (Lipinski definition) is 4. The van der Waals surface area contributed by atoms with Gasteiger partial charge in [-0.2, -0.15) is 5.26 Å². The van der Waals surface area contributed by atoms with Gasteiger partial charge in [-0.3, -0.25) is 0 Å². The van der Waals surface area contributed by atoms with Crippen molar-refractivity contribution in [3.05, 3.63) is 40.8 Å². The van der Waals surface area contributed by atoms with Gasteiger partial charge in [0.1, 0.15) is 17.5 Å². The Morgan fingerprint density at radius 3 is 2.80 bits per heavy atom. The molecule has 1 aromatic heterocycles. The molecule has 2 rings (SSSR count). The Balaban J connectivity index is 2.41. The topological polar surface area (TPSA) is 58.8 Å². The van der Waals surface area contributed by atoms with Gasteiger partial charge in [-0.15, -0.1) is 0 Å². The number of aromatic nitrogens is 2. The summed E-state index contributed by atoms with van der Waals surface area (Å²) in [4.78, 5) is 8.68. The second-order valence-corrected chi connectivity index (χ2v) is 5.09. The fraction of sp³-hybridized carbons (Fsp3) is 0.267. The number of hydrogen-bond donors (Lipinski definition) is 0. The number of benzene rings is 1. The summed E-state index contributed by atoms with van der Waals surface area (Å²) in [7, 11) is 1.63. The molecule has 0 bridgehead atoms. The van der Waals surface area contributed by atoms with Crippen LogP contribution in [0.25, 0.3) is 11.3 Å². The molecule has 0 fully saturated rings. The summed E-state index contributed by atoms with van der Waals surface area (Å²) in [5.74, 6) is 1.07. The average Bonchev–Trinajstić information content (AvgIpc) is 2.49. The number of halogens is 1. The lowest BCUT2D eigenvalue weighted by molar-refractivity contribution is 0.412. The van der Waals surface area contributed by atoms with Gasteiger partial charge < -0.3 is 4.74 Å². The second-order valence-electron chi connectivity index (χ2n) is 4.24. The number of nitrogens with zero attached hydrogens (tertiary/aromatic N) is 3. The summed E-state index contributed by atoms with van der Waals surface area (Å²) in [6.07, 6.45) is 2.39. The van der Waals surface area contributed by atoms with Crippen molar-refractivity contribution >= 4 is 15.9 Å². The van der Waals surface area contributed by atoms with Crippen LogP contribution in [0, 0.1) is 11.3 Å². The summed E-state index contributed by atoms with van der Waals surface area (Å²) in [5.41, 5.74) is 1.75. The van der Waals surface area contributed by atoms with Crippen LogP contribution < -0.4 is 4.74 Å². The lowest BCUT2D eigenvalue weighted by Gasteiger charge is -2.08. The third-order valence-electron chi connectivity index (χ3n) is 3.00. The van der Waals surface area contributed by atoms with Gasteiger partial charge in [0.2, 0.25) is 0 Å². The molecular formula is C15H14BrN3O. The van der Waals surface area contributed by atoms with Gasteiger partial charge in [-0.05, 0) is 46.6 Å². The molecule has 0 N–H and O–H groups in total. The van der Waals surface area contributed by atoms with Gasteiger partial charge >= 0.3 is 0 Å². The highest BCUT2D eigenvalue weighted by molar-refractivity contribution is 9.10. The molecule has 0 amide bonds. The third-order valence-corrected chi connectivity index (χ3v) is 3.62. The Hall–Kier alpha value is -1.93. The maximum atomic E-state index is 9.10. The predicted molar refractivity (Wildman–Crippen MR) is 80.4 cm³/mol. The van der Waals surface area contributed by atoms with E-state index in [1.165, 1.54) is 0 Å². The lowest BCUT2D eigenvalue weighted by atomic mass is 10.1. The molecule has 2 aromatic rings. The van der Waals surface area contributed by atoms with E-state index >= 15 is 0 Å². The molecule has 0 spiro atoms. The number of methoxy groups -OCH3 is 1. The monoisotopic (exact) mass is 331 g/mol. The van der Waals surface area contributed by atoms with E-state index in [1.807, 2.05) is 31.2 Å². The molecule has 1 atom stereocenters. The highest BCUT2D eigenvalue weighted by atomic mass is 79.9. The summed E-state index contributed by atoms with van der Waals surface area (Å²) in [6, 6.07) is 9.81. The van der Waals surface area contributed by atoms with Crippen molar-refractivity contribution < 1.29 is 4.74 Å². The van der Waals surface area contributed by atoms with E-state index in [9.17, 15) is 0 Å². The number of ether oxygens (including phenoxy) is 1. The van der Waals surface area contributed by atoms with Crippen LogP contribution in [0.15, 0.2) is 34.9 Å². The van der Waals surface area contributed by atoms with Gasteiger partial charge in [0.15, 0.2) is 0 Å². The minimum atomic E-state index is -0.267. The Morgan fingerprint density at radius 2 is 2.20 bits per heavy atom. The van der Waals surface area contributed by atoms with E-state index < -0.39 is 0 Å². The summed E-state index contributed by atoms with van der Waals surface area (Å²) in [6.45, 7) is 1.95. The largest absolute Gasteiger partial charge is 0.496 e. The number of rotatable bonds is 4. The summed E-state index contributed by atoms with van der Waals surface area (Å²) >= 11 is 3.46. The van der Waals surface area contributed by atoms with E-state index in [-0.39, 0.29) is 5.92 Å². The van der Waals surface area contributed by atoms with E-state index in [0.717, 1.165) is 21.5 Å². The minimum Gasteiger partial charge on any atom is -0.496 e. The first-order chi connectivity index (χ1) is 9.69. The Kier molecular flexibility index (Phi) is 4.70. The molecule has 0 saturated carbocycles. The molecule has 5 heteroatoms. The van der Waals surface area contributed by atoms with Crippen molar-refractivity contribution in [2.45, 2.75) is 19.3 Å². The molecular weight excluding hydrogens is 318 g/mol. The Labute approximate surface area is 126 Å². The van der Waals surface area contributed by atoms with Crippen LogP contribution in [0.5, 0.6) is 5.75 Å². The molecule has 1 aromatic carbocycles. The highest BCUT2D eigenvalue weighted by Crippen LogP contribution is 2.30. The van der Waals surface area contributed by atoms with Crippen LogP contribution in [0.4, 0.5) is 0 Å². The maximum absolute atomic E-state index is 9.10. The molecule has 0 aliphatic rings. The third kappa shape index (κ3) is 2.97. The molecule has 1 heterocycles. The van der Waals surface area contributed by atoms with Crippen molar-refractivity contribution in [2.24, 2.45) is 0 Å². The van der Waals surface area contributed by atoms with Crippen LogP contribution in [-0.2, 0) is 0 Å². The van der Waals surface area contributed by atoms with Crippen molar-refractivity contribution in [1.29, 1.82) is 5.26 Å². The van der Waals surface area contributed by atoms with E-state index in [1.54, 1.807) is 13.3 Å². The summed E-state index contributed by atoms with van der Waals surface area (Å²) < 4.78 is 6.08. The second kappa shape index (κ2) is 6.49. The van der Waals surface area contributed by atoms with Gasteiger partial charge in [0.25, 0.3) is 0 Å². The van der Waals surface area contributed by atoms with Gasteiger partial charge in [-0.25, -0.2) is 9.97 Å². The van der Waals surface area contributed by atoms with Crippen molar-refractivity contribution in [2.75, 3.05) is 7.11 Å². The van der Waals surface area contributed by atoms with Gasteiger partial charge in [-0.1, -0.05) is 6.92 Å². The zero-order valence-corrected chi connectivity index (χ0v) is 12.9. The molecule has 0 radical (unpaired) electrons. The van der Waals surface area contributed by atoms with Crippen molar-refractivity contribution in [1.82, 2.24) is 9.97 Å². The fourth-order valence-corrected chi connectivity index (χ4v) is 2.40. The molecule has 20 heavy (non-hydrogen) atoms. The van der Waals surface area contributed by atoms with Crippen molar-refractivity contribution in [3.8, 4) is 23.1 Å². The van der Waals surface area contributed by atoms with Crippen LogP contribution >= 0.6 is 15.9 Å². The van der Waals surface area contributed by atoms with E-state index in [2.05, 4.69) is 32.0 Å². The normalized spacial score (nSPS) is 11.7. The van der Waals surface area contributed by atoms with E-state index in [0.29, 0.717) is 12.2 Å². The minimum absolute atomic E-state index is 0.267. The first kappa shape index (κ1) is 14.5. The van der Waals surface area contributed by atoms with Crippen LogP contribution in [0.3, 0.4) is 0 Å². The quantitative estimate of drug-likeness (QED) is 0.851. The molecule has 0 saturated heterocycles. The van der Waals surface area contributed by atoms with Crippen LogP contribution in [0.1, 0.15) is 25.1 Å². The molecule has 102 valence electrons. The molecule has 0 aliphatic carbocycles. The SMILES string of the molecule is CCC(C#N)c1nccc(-c2ccc(OC)c(Br)c2)n1. The first-order valence-electron chi connectivity index (χ1n) is 6.26. The molecule has 0 aliphatic heterocycles. The molecule has 1 unspecified atom stereocenters. The molecule has 4 nitrogen and oxygen atoms in total. The van der Waals surface area contributed by atoms with Crippen molar-refractivity contribution in [3.63, 3.8) is 0 Å². The zero-order chi connectivity index (χ0) is 14.5. The Morgan fingerprint density at radius 1 is 1.40 bits per heavy atom. The predicted octanol–water partition coefficient (Wildman–Crippen LogP) is 3.93. The summed E-state index contributed by atoms with van der Waals surface area (Å²) in [5, 5.41) is 9.10. The maximum Gasteiger partial charge on any atom is 0.146 e. The first-order valence-corrected chi connectivity index (χ1v) is 7.05. The highest BCUT2D eigenvalue weighted by Gasteiger charge is 2.13. The van der Waals surface area contributed by atoms with E-state index in [4.69, 9.17) is 10.00 Å². The number of nitriles is 1. The zero-order valence-electron chi connectivity index (χ0n) is 11.3. The van der Waals surface area contributed by atoms with Crippen LogP contribution in [-0.4, -0.2) is 17.1 Å². The smallest absolute Gasteiger partial charge is 0.146 e. The standard InChI is InChI=1S/C15H14BrN3O/c1-3-10(9-17)15-18-7-6-13(19-15)11-4-5-14(20-2)12(16)8-11/h4-8,10H,3H2,1-2H3. The Bertz CT molecular complexity index is 652.